The van der Waals surface area contributed by atoms with E-state index in [0.29, 0.717) is 5.56 Å². The molecule has 1 aromatic rings. The molecule has 0 saturated carbocycles. The highest BCUT2D eigenvalue weighted by molar-refractivity contribution is 6.06. The minimum atomic E-state index is -0.178. The molecule has 0 bridgehead atoms. The van der Waals surface area contributed by atoms with Crippen LogP contribution in [0.25, 0.3) is 0 Å². The number of rotatable bonds is 3. The summed E-state index contributed by atoms with van der Waals surface area (Å²) in [5, 5.41) is 9.53. The number of ketones is 1. The Morgan fingerprint density at radius 3 is 2.76 bits per heavy atom. The molecule has 0 aromatic heterocycles. The van der Waals surface area contributed by atoms with Crippen molar-refractivity contribution in [2.24, 2.45) is 0 Å². The van der Waals surface area contributed by atoms with Gasteiger partial charge in [-0.15, -0.1) is 0 Å². The Morgan fingerprint density at radius 1 is 1.24 bits per heavy atom. The van der Waals surface area contributed by atoms with E-state index in [9.17, 15) is 9.90 Å². The number of aromatic hydroxyl groups is 1. The predicted octanol–water partition coefficient (Wildman–Crippen LogP) is 3.41. The van der Waals surface area contributed by atoms with Crippen LogP contribution < -0.4 is 0 Å². The lowest BCUT2D eigenvalue weighted by Gasteiger charge is -2.01. The first-order valence-electron chi connectivity index (χ1n) is 5.64. The molecular weight excluding hydrogens is 212 g/mol. The third-order valence-corrected chi connectivity index (χ3v) is 2.62. The van der Waals surface area contributed by atoms with Gasteiger partial charge in [-0.05, 0) is 36.6 Å². The van der Waals surface area contributed by atoms with Crippen LogP contribution in [0, 0.1) is 0 Å². The predicted molar refractivity (Wildman–Crippen MR) is 68.0 cm³/mol. The number of hydrogen-bond donors (Lipinski definition) is 1. The van der Waals surface area contributed by atoms with Gasteiger partial charge in [0.1, 0.15) is 5.75 Å². The van der Waals surface area contributed by atoms with Crippen molar-refractivity contribution in [3.63, 3.8) is 0 Å². The second kappa shape index (κ2) is 5.30. The van der Waals surface area contributed by atoms with Crippen molar-refractivity contribution >= 4 is 5.78 Å². The number of phenolic OH excluding ortho intramolecular Hbond substituents is 1. The van der Waals surface area contributed by atoms with Gasteiger partial charge in [-0.3, -0.25) is 4.79 Å². The van der Waals surface area contributed by atoms with Gasteiger partial charge in [-0.25, -0.2) is 0 Å². The van der Waals surface area contributed by atoms with Gasteiger partial charge in [0.15, 0.2) is 5.78 Å². The van der Waals surface area contributed by atoms with E-state index in [0.717, 1.165) is 18.4 Å². The monoisotopic (exact) mass is 226 g/mol. The van der Waals surface area contributed by atoms with Crippen LogP contribution in [0.1, 0.15) is 23.2 Å². The van der Waals surface area contributed by atoms with E-state index in [-0.39, 0.29) is 11.5 Å². The molecule has 2 rings (SSSR count). The smallest absolute Gasteiger partial charge is 0.189 e. The fourth-order valence-electron chi connectivity index (χ4n) is 1.70. The first-order valence-corrected chi connectivity index (χ1v) is 5.64. The van der Waals surface area contributed by atoms with E-state index in [2.05, 4.69) is 12.2 Å². The summed E-state index contributed by atoms with van der Waals surface area (Å²) in [4.78, 5) is 11.8. The van der Waals surface area contributed by atoms with E-state index in [1.165, 1.54) is 12.1 Å². The first-order chi connectivity index (χ1) is 8.27. The van der Waals surface area contributed by atoms with Crippen molar-refractivity contribution in [2.75, 3.05) is 0 Å². The van der Waals surface area contributed by atoms with Gasteiger partial charge in [-0.2, -0.15) is 0 Å². The number of para-hydroxylation sites is 1. The summed E-state index contributed by atoms with van der Waals surface area (Å²) in [6, 6.07) is 6.57. The summed E-state index contributed by atoms with van der Waals surface area (Å²) in [7, 11) is 0. The molecule has 0 radical (unpaired) electrons. The topological polar surface area (TPSA) is 37.3 Å². The second-order valence-corrected chi connectivity index (χ2v) is 3.90. The summed E-state index contributed by atoms with van der Waals surface area (Å²) >= 11 is 0. The van der Waals surface area contributed by atoms with Crippen molar-refractivity contribution in [2.45, 2.75) is 12.8 Å². The molecule has 17 heavy (non-hydrogen) atoms. The van der Waals surface area contributed by atoms with Gasteiger partial charge in [0, 0.05) is 0 Å². The molecule has 0 amide bonds. The zero-order valence-corrected chi connectivity index (χ0v) is 9.47. The number of phenols is 1. The van der Waals surface area contributed by atoms with Crippen LogP contribution in [0.15, 0.2) is 60.2 Å². The number of benzene rings is 1. The molecule has 2 nitrogen and oxygen atoms in total. The summed E-state index contributed by atoms with van der Waals surface area (Å²) in [5.41, 5.74) is 1.38. The number of carbonyl (C=O) groups excluding carboxylic acids is 1. The van der Waals surface area contributed by atoms with E-state index in [4.69, 9.17) is 0 Å². The van der Waals surface area contributed by atoms with Gasteiger partial charge >= 0.3 is 0 Å². The van der Waals surface area contributed by atoms with E-state index in [1.54, 1.807) is 24.3 Å². The van der Waals surface area contributed by atoms with E-state index in [1.807, 2.05) is 6.08 Å². The molecule has 86 valence electrons. The average molecular weight is 226 g/mol. The van der Waals surface area contributed by atoms with Gasteiger partial charge in [0.25, 0.3) is 0 Å². The van der Waals surface area contributed by atoms with E-state index < -0.39 is 0 Å². The molecule has 0 heterocycles. The Hall–Kier alpha value is -2.09. The maximum absolute atomic E-state index is 11.8. The van der Waals surface area contributed by atoms with Crippen molar-refractivity contribution in [1.29, 1.82) is 0 Å². The Kier molecular flexibility index (Phi) is 3.55. The lowest BCUT2D eigenvalue weighted by atomic mass is 10.0. The molecule has 0 saturated heterocycles. The Labute approximate surface area is 101 Å². The van der Waals surface area contributed by atoms with Gasteiger partial charge < -0.3 is 5.11 Å². The van der Waals surface area contributed by atoms with Crippen LogP contribution >= 0.6 is 0 Å². The molecule has 0 atom stereocenters. The number of allylic oxidation sites excluding steroid dienone is 6. The average Bonchev–Trinajstić information content (AvgIpc) is 2.38. The largest absolute Gasteiger partial charge is 0.507 e. The number of carbonyl (C=O) groups is 1. The molecule has 0 aliphatic heterocycles. The normalized spacial score (nSPS) is 14.9. The minimum Gasteiger partial charge on any atom is -0.507 e. The van der Waals surface area contributed by atoms with Crippen molar-refractivity contribution < 1.29 is 9.90 Å². The SMILES string of the molecule is O=C(/C=C/C1=CCCC=C1)c1ccccc1O. The van der Waals surface area contributed by atoms with Crippen LogP contribution in [-0.4, -0.2) is 10.9 Å². The lowest BCUT2D eigenvalue weighted by molar-refractivity contribution is 0.104. The summed E-state index contributed by atoms with van der Waals surface area (Å²) in [5.74, 6) is -0.154. The van der Waals surface area contributed by atoms with Gasteiger partial charge in [-0.1, -0.05) is 36.4 Å². The van der Waals surface area contributed by atoms with Crippen LogP contribution in [0.4, 0.5) is 0 Å². The van der Waals surface area contributed by atoms with Crippen LogP contribution in [0.3, 0.4) is 0 Å². The highest BCUT2D eigenvalue weighted by Crippen LogP contribution is 2.17. The van der Waals surface area contributed by atoms with Gasteiger partial charge in [0.05, 0.1) is 5.56 Å². The standard InChI is InChI=1S/C15H14O2/c16-14-9-5-4-8-13(14)15(17)11-10-12-6-2-1-3-7-12/h2,4-11,16H,1,3H2/b11-10+. The zero-order valence-electron chi connectivity index (χ0n) is 9.47. The second-order valence-electron chi connectivity index (χ2n) is 3.90. The maximum Gasteiger partial charge on any atom is 0.189 e. The quantitative estimate of drug-likeness (QED) is 0.633. The highest BCUT2D eigenvalue weighted by atomic mass is 16.3. The van der Waals surface area contributed by atoms with Crippen molar-refractivity contribution in [3.8, 4) is 5.75 Å². The molecule has 1 aliphatic rings. The molecular formula is C15H14O2. The Morgan fingerprint density at radius 2 is 2.06 bits per heavy atom. The molecule has 1 N–H and O–H groups in total. The Bertz CT molecular complexity index is 507. The van der Waals surface area contributed by atoms with E-state index >= 15 is 0 Å². The van der Waals surface area contributed by atoms with Crippen LogP contribution in [-0.2, 0) is 0 Å². The third kappa shape index (κ3) is 2.94. The van der Waals surface area contributed by atoms with Crippen molar-refractivity contribution in [1.82, 2.24) is 0 Å². The van der Waals surface area contributed by atoms with Crippen molar-refractivity contribution in [3.05, 3.63) is 65.8 Å². The Balaban J connectivity index is 2.12. The number of hydrogen-bond acceptors (Lipinski definition) is 2. The fraction of sp³-hybridized carbons (Fsp3) is 0.133. The molecule has 0 unspecified atom stereocenters. The third-order valence-electron chi connectivity index (χ3n) is 2.62. The lowest BCUT2D eigenvalue weighted by Crippen LogP contribution is -1.94. The summed E-state index contributed by atoms with van der Waals surface area (Å²) < 4.78 is 0. The van der Waals surface area contributed by atoms with Crippen LogP contribution in [0.2, 0.25) is 0 Å². The molecule has 1 aromatic carbocycles. The molecule has 0 spiro atoms. The first kappa shape index (κ1) is 11.4. The molecule has 1 aliphatic carbocycles. The van der Waals surface area contributed by atoms with Crippen LogP contribution in [0.5, 0.6) is 5.75 Å². The molecule has 2 heteroatoms. The maximum atomic E-state index is 11.8. The zero-order chi connectivity index (χ0) is 12.1. The summed E-state index contributed by atoms with van der Waals surface area (Å²) in [6.45, 7) is 0. The summed E-state index contributed by atoms with van der Waals surface area (Å²) in [6.07, 6.45) is 11.5. The van der Waals surface area contributed by atoms with Gasteiger partial charge in [0.2, 0.25) is 0 Å². The fourth-order valence-corrected chi connectivity index (χ4v) is 1.70. The molecule has 0 fully saturated rings. The highest BCUT2D eigenvalue weighted by Gasteiger charge is 2.06. The minimum absolute atomic E-state index is 0.0234.